The maximum absolute atomic E-state index is 13.1. The molecule has 0 saturated carbocycles. The van der Waals surface area contributed by atoms with Crippen LogP contribution in [0.3, 0.4) is 0 Å². The lowest BCUT2D eigenvalue weighted by atomic mass is 10.1. The molecule has 0 atom stereocenters. The van der Waals surface area contributed by atoms with Gasteiger partial charge in [0.05, 0.1) is 0 Å². The van der Waals surface area contributed by atoms with Gasteiger partial charge in [0, 0.05) is 17.6 Å². The molecule has 0 aromatic heterocycles. The van der Waals surface area contributed by atoms with E-state index in [1.807, 2.05) is 20.8 Å². The maximum atomic E-state index is 13.1. The molecule has 0 aliphatic rings. The van der Waals surface area contributed by atoms with E-state index < -0.39 is 5.82 Å². The standard InChI is InChI=1S/C11H15F2N/c1-11(2,3)14-7-8-6-9(12)4-5-10(8)13/h4-6,14H,7H2,1-3H3. The first-order valence-electron chi connectivity index (χ1n) is 4.57. The van der Waals surface area contributed by atoms with Crippen LogP contribution in [0.2, 0.25) is 0 Å². The first-order chi connectivity index (χ1) is 6.38. The quantitative estimate of drug-likeness (QED) is 0.772. The van der Waals surface area contributed by atoms with E-state index in [1.165, 1.54) is 6.07 Å². The minimum Gasteiger partial charge on any atom is -0.308 e. The van der Waals surface area contributed by atoms with Crippen LogP contribution in [-0.2, 0) is 6.54 Å². The second-order valence-corrected chi connectivity index (χ2v) is 4.34. The van der Waals surface area contributed by atoms with Crippen LogP contribution in [0.15, 0.2) is 18.2 Å². The normalized spacial score (nSPS) is 11.8. The molecule has 1 N–H and O–H groups in total. The Kier molecular flexibility index (Phi) is 3.21. The Labute approximate surface area is 83.1 Å². The molecule has 3 heteroatoms. The van der Waals surface area contributed by atoms with Crippen LogP contribution >= 0.6 is 0 Å². The van der Waals surface area contributed by atoms with Crippen LogP contribution in [0.1, 0.15) is 26.3 Å². The third-order valence-electron chi connectivity index (χ3n) is 1.82. The minimum atomic E-state index is -0.405. The number of benzene rings is 1. The van der Waals surface area contributed by atoms with Gasteiger partial charge in [-0.15, -0.1) is 0 Å². The average molecular weight is 199 g/mol. The van der Waals surface area contributed by atoms with Crippen molar-refractivity contribution in [2.24, 2.45) is 0 Å². The van der Waals surface area contributed by atoms with E-state index in [1.54, 1.807) is 0 Å². The van der Waals surface area contributed by atoms with Gasteiger partial charge in [-0.25, -0.2) is 8.78 Å². The number of halogens is 2. The maximum Gasteiger partial charge on any atom is 0.127 e. The van der Waals surface area contributed by atoms with E-state index in [2.05, 4.69) is 5.32 Å². The molecule has 0 aliphatic heterocycles. The van der Waals surface area contributed by atoms with Crippen molar-refractivity contribution in [2.45, 2.75) is 32.9 Å². The van der Waals surface area contributed by atoms with Gasteiger partial charge in [-0.3, -0.25) is 0 Å². The summed E-state index contributed by atoms with van der Waals surface area (Å²) in [5, 5.41) is 3.10. The summed E-state index contributed by atoms with van der Waals surface area (Å²) < 4.78 is 25.9. The molecule has 0 aliphatic carbocycles. The zero-order chi connectivity index (χ0) is 10.8. The van der Waals surface area contributed by atoms with Gasteiger partial charge >= 0.3 is 0 Å². The Balaban J connectivity index is 2.72. The highest BCUT2D eigenvalue weighted by Gasteiger charge is 2.10. The molecule has 0 unspecified atom stereocenters. The molecule has 0 spiro atoms. The highest BCUT2D eigenvalue weighted by molar-refractivity contribution is 5.18. The largest absolute Gasteiger partial charge is 0.308 e. The highest BCUT2D eigenvalue weighted by Crippen LogP contribution is 2.10. The predicted octanol–water partition coefficient (Wildman–Crippen LogP) is 2.85. The lowest BCUT2D eigenvalue weighted by Gasteiger charge is -2.20. The summed E-state index contributed by atoms with van der Waals surface area (Å²) >= 11 is 0. The summed E-state index contributed by atoms with van der Waals surface area (Å²) in [7, 11) is 0. The van der Waals surface area contributed by atoms with Crippen LogP contribution in [0.5, 0.6) is 0 Å². The van der Waals surface area contributed by atoms with Crippen molar-refractivity contribution < 1.29 is 8.78 Å². The molecule has 1 rings (SSSR count). The summed E-state index contributed by atoms with van der Waals surface area (Å²) in [6.45, 7) is 6.27. The highest BCUT2D eigenvalue weighted by atomic mass is 19.1. The van der Waals surface area contributed by atoms with Gasteiger partial charge < -0.3 is 5.32 Å². The summed E-state index contributed by atoms with van der Waals surface area (Å²) in [6, 6.07) is 3.49. The molecule has 0 amide bonds. The average Bonchev–Trinajstić information content (AvgIpc) is 2.05. The smallest absolute Gasteiger partial charge is 0.127 e. The summed E-state index contributed by atoms with van der Waals surface area (Å²) in [5.74, 6) is -0.778. The molecule has 1 aromatic rings. The molecule has 0 fully saturated rings. The summed E-state index contributed by atoms with van der Waals surface area (Å²) in [5.41, 5.74) is 0.263. The van der Waals surface area contributed by atoms with Crippen molar-refractivity contribution in [3.8, 4) is 0 Å². The number of rotatable bonds is 2. The summed E-state index contributed by atoms with van der Waals surface area (Å²) in [6.07, 6.45) is 0. The monoisotopic (exact) mass is 199 g/mol. The lowest BCUT2D eigenvalue weighted by Crippen LogP contribution is -2.35. The third kappa shape index (κ3) is 3.42. The SMILES string of the molecule is CC(C)(C)NCc1cc(F)ccc1F. The van der Waals surface area contributed by atoms with Gasteiger partial charge in [0.2, 0.25) is 0 Å². The molecule has 1 aromatic carbocycles. The Morgan fingerprint density at radius 3 is 2.43 bits per heavy atom. The predicted molar refractivity (Wildman–Crippen MR) is 53.0 cm³/mol. The molecule has 0 saturated heterocycles. The van der Waals surface area contributed by atoms with Gasteiger partial charge in [-0.1, -0.05) is 0 Å². The fraction of sp³-hybridized carbons (Fsp3) is 0.455. The topological polar surface area (TPSA) is 12.0 Å². The van der Waals surface area contributed by atoms with Crippen LogP contribution in [-0.4, -0.2) is 5.54 Å². The molecule has 0 radical (unpaired) electrons. The first kappa shape index (κ1) is 11.1. The molecule has 78 valence electrons. The number of hydrogen-bond donors (Lipinski definition) is 1. The van der Waals surface area contributed by atoms with Crippen molar-refractivity contribution in [2.75, 3.05) is 0 Å². The lowest BCUT2D eigenvalue weighted by molar-refractivity contribution is 0.417. The van der Waals surface area contributed by atoms with Crippen LogP contribution in [0.4, 0.5) is 8.78 Å². The van der Waals surface area contributed by atoms with Crippen molar-refractivity contribution >= 4 is 0 Å². The Morgan fingerprint density at radius 1 is 1.21 bits per heavy atom. The van der Waals surface area contributed by atoms with E-state index >= 15 is 0 Å². The van der Waals surface area contributed by atoms with E-state index in [4.69, 9.17) is 0 Å². The molecule has 1 nitrogen and oxygen atoms in total. The Morgan fingerprint density at radius 2 is 1.86 bits per heavy atom. The van der Waals surface area contributed by atoms with E-state index in [0.29, 0.717) is 12.1 Å². The third-order valence-corrected chi connectivity index (χ3v) is 1.82. The van der Waals surface area contributed by atoms with Gasteiger partial charge in [-0.05, 0) is 39.0 Å². The first-order valence-corrected chi connectivity index (χ1v) is 4.57. The molecular formula is C11H15F2N. The van der Waals surface area contributed by atoms with Crippen LogP contribution in [0, 0.1) is 11.6 Å². The van der Waals surface area contributed by atoms with E-state index in [9.17, 15) is 8.78 Å². The zero-order valence-electron chi connectivity index (χ0n) is 8.70. The second-order valence-electron chi connectivity index (χ2n) is 4.34. The van der Waals surface area contributed by atoms with Gasteiger partial charge in [0.25, 0.3) is 0 Å². The fourth-order valence-corrected chi connectivity index (χ4v) is 1.04. The van der Waals surface area contributed by atoms with Gasteiger partial charge in [0.1, 0.15) is 11.6 Å². The van der Waals surface area contributed by atoms with Gasteiger partial charge in [0.15, 0.2) is 0 Å². The van der Waals surface area contributed by atoms with Crippen LogP contribution < -0.4 is 5.32 Å². The number of hydrogen-bond acceptors (Lipinski definition) is 1. The molecular weight excluding hydrogens is 184 g/mol. The van der Waals surface area contributed by atoms with E-state index in [-0.39, 0.29) is 11.4 Å². The van der Waals surface area contributed by atoms with Crippen molar-refractivity contribution in [3.05, 3.63) is 35.4 Å². The summed E-state index contributed by atoms with van der Waals surface area (Å²) in [4.78, 5) is 0. The minimum absolute atomic E-state index is 0.0985. The molecule has 0 bridgehead atoms. The van der Waals surface area contributed by atoms with E-state index in [0.717, 1.165) is 12.1 Å². The van der Waals surface area contributed by atoms with Crippen LogP contribution in [0.25, 0.3) is 0 Å². The van der Waals surface area contributed by atoms with Crippen molar-refractivity contribution in [1.82, 2.24) is 5.32 Å². The van der Waals surface area contributed by atoms with Crippen molar-refractivity contribution in [1.29, 1.82) is 0 Å². The zero-order valence-corrected chi connectivity index (χ0v) is 8.70. The number of nitrogens with one attached hydrogen (secondary N) is 1. The fourth-order valence-electron chi connectivity index (χ4n) is 1.04. The Hall–Kier alpha value is -0.960. The Bertz CT molecular complexity index is 316. The van der Waals surface area contributed by atoms with Gasteiger partial charge in [-0.2, -0.15) is 0 Å². The molecule has 14 heavy (non-hydrogen) atoms. The molecule has 0 heterocycles. The second kappa shape index (κ2) is 4.05. The van der Waals surface area contributed by atoms with Crippen molar-refractivity contribution in [3.63, 3.8) is 0 Å².